The van der Waals surface area contributed by atoms with Crippen molar-refractivity contribution in [3.63, 3.8) is 0 Å². The molecular weight excluding hydrogens is 294 g/mol. The number of aliphatic hydroxyl groups excluding tert-OH is 1. The van der Waals surface area contributed by atoms with Crippen LogP contribution in [0.4, 0.5) is 8.78 Å². The van der Waals surface area contributed by atoms with Crippen molar-refractivity contribution in [3.05, 3.63) is 71.3 Å². The summed E-state index contributed by atoms with van der Waals surface area (Å²) in [5.74, 6) is -1.08. The maximum atomic E-state index is 13.8. The Hall–Kier alpha value is -1.92. The first-order valence-electron chi connectivity index (χ1n) is 6.30. The zero-order valence-corrected chi connectivity index (χ0v) is 11.7. The fourth-order valence-corrected chi connectivity index (χ4v) is 3.22. The average Bonchev–Trinajstić information content (AvgIpc) is 2.96. The van der Waals surface area contributed by atoms with Crippen LogP contribution in [0.5, 0.6) is 0 Å². The number of nitrogens with one attached hydrogen (secondary N) is 1. The number of rotatable bonds is 3. The van der Waals surface area contributed by atoms with E-state index in [4.69, 9.17) is 0 Å². The Morgan fingerprint density at radius 1 is 1.14 bits per heavy atom. The molecule has 0 unspecified atom stereocenters. The predicted octanol–water partition coefficient (Wildman–Crippen LogP) is 2.81. The monoisotopic (exact) mass is 306 g/mol. The summed E-state index contributed by atoms with van der Waals surface area (Å²) in [6.45, 7) is -0.231. The van der Waals surface area contributed by atoms with Crippen LogP contribution in [-0.4, -0.2) is 16.8 Å². The van der Waals surface area contributed by atoms with E-state index in [1.807, 2.05) is 30.3 Å². The van der Waals surface area contributed by atoms with Crippen LogP contribution < -0.4 is 5.43 Å². The van der Waals surface area contributed by atoms with Gasteiger partial charge in [-0.15, -0.1) is 0 Å². The zero-order chi connectivity index (χ0) is 14.9. The molecule has 0 aliphatic carbocycles. The van der Waals surface area contributed by atoms with Gasteiger partial charge in [0.15, 0.2) is 4.87 Å². The topological polar surface area (TPSA) is 44.6 Å². The predicted molar refractivity (Wildman–Crippen MR) is 78.8 cm³/mol. The molecule has 1 atom stereocenters. The number of thioether (sulfide) groups is 1. The van der Waals surface area contributed by atoms with Gasteiger partial charge < -0.3 is 5.11 Å². The van der Waals surface area contributed by atoms with Crippen LogP contribution in [0.1, 0.15) is 11.1 Å². The normalized spacial score (nSPS) is 21.0. The molecule has 1 heterocycles. The molecule has 1 aliphatic rings. The Balaban J connectivity index is 1.94. The molecule has 0 radical (unpaired) electrons. The fourth-order valence-electron chi connectivity index (χ4n) is 2.12. The Morgan fingerprint density at radius 2 is 1.90 bits per heavy atom. The minimum Gasteiger partial charge on any atom is -0.393 e. The first-order chi connectivity index (χ1) is 10.1. The van der Waals surface area contributed by atoms with Crippen LogP contribution in [0.25, 0.3) is 0 Å². The molecule has 0 fully saturated rings. The van der Waals surface area contributed by atoms with Crippen molar-refractivity contribution in [2.24, 2.45) is 5.10 Å². The van der Waals surface area contributed by atoms with Crippen LogP contribution in [0, 0.1) is 11.6 Å². The minimum atomic E-state index is -0.880. The molecule has 0 amide bonds. The van der Waals surface area contributed by atoms with Gasteiger partial charge in [0.05, 0.1) is 6.61 Å². The van der Waals surface area contributed by atoms with Gasteiger partial charge in [-0.3, -0.25) is 5.43 Å². The van der Waals surface area contributed by atoms with Crippen molar-refractivity contribution in [1.29, 1.82) is 0 Å². The Kier molecular flexibility index (Phi) is 3.65. The molecule has 6 heteroatoms. The summed E-state index contributed by atoms with van der Waals surface area (Å²) in [4.78, 5) is -0.880. The summed E-state index contributed by atoms with van der Waals surface area (Å²) in [7, 11) is 0. The zero-order valence-electron chi connectivity index (χ0n) is 10.9. The smallest absolute Gasteiger partial charge is 0.154 e. The van der Waals surface area contributed by atoms with E-state index in [-0.39, 0.29) is 12.2 Å². The molecule has 0 spiro atoms. The molecule has 0 aromatic heterocycles. The number of halogens is 2. The van der Waals surface area contributed by atoms with Crippen molar-refractivity contribution in [1.82, 2.24) is 5.43 Å². The molecule has 108 valence electrons. The third-order valence-corrected chi connectivity index (χ3v) is 4.54. The first-order valence-corrected chi connectivity index (χ1v) is 7.12. The van der Waals surface area contributed by atoms with Gasteiger partial charge in [-0.25, -0.2) is 8.78 Å². The van der Waals surface area contributed by atoms with Crippen molar-refractivity contribution in [3.8, 4) is 0 Å². The highest BCUT2D eigenvalue weighted by atomic mass is 32.2. The molecule has 0 saturated carbocycles. The molecule has 2 N–H and O–H groups in total. The SMILES string of the molecule is OC[C@]1(c2ccccc2)NN=C(c2cc(F)ccc2F)S1. The van der Waals surface area contributed by atoms with Gasteiger partial charge in [0.2, 0.25) is 0 Å². The summed E-state index contributed by atoms with van der Waals surface area (Å²) in [5.41, 5.74) is 3.74. The number of hydrazone groups is 1. The van der Waals surface area contributed by atoms with E-state index in [0.717, 1.165) is 23.8 Å². The van der Waals surface area contributed by atoms with E-state index in [1.165, 1.54) is 11.8 Å². The quantitative estimate of drug-likeness (QED) is 0.916. The fraction of sp³-hybridized carbons (Fsp3) is 0.133. The summed E-state index contributed by atoms with van der Waals surface area (Å²) < 4.78 is 27.1. The Bertz CT molecular complexity index is 693. The molecule has 2 aromatic rings. The standard InChI is InChI=1S/C15H12F2N2OS/c16-11-6-7-13(17)12(8-11)14-18-19-15(9-20,21-14)10-4-2-1-3-5-10/h1-8,19-20H,9H2/t15-/m0/s1. The second-order valence-electron chi connectivity index (χ2n) is 4.61. The molecule has 0 saturated heterocycles. The molecule has 3 nitrogen and oxygen atoms in total. The highest BCUT2D eigenvalue weighted by Gasteiger charge is 2.39. The highest BCUT2D eigenvalue weighted by Crippen LogP contribution is 2.40. The van der Waals surface area contributed by atoms with E-state index in [9.17, 15) is 13.9 Å². The van der Waals surface area contributed by atoms with Crippen LogP contribution in [0.15, 0.2) is 53.6 Å². The summed E-state index contributed by atoms with van der Waals surface area (Å²) in [5, 5.41) is 14.1. The molecule has 21 heavy (non-hydrogen) atoms. The van der Waals surface area contributed by atoms with Crippen LogP contribution >= 0.6 is 11.8 Å². The molecule has 0 bridgehead atoms. The summed E-state index contributed by atoms with van der Waals surface area (Å²) >= 11 is 1.17. The Labute approximate surface area is 124 Å². The number of nitrogens with zero attached hydrogens (tertiary/aromatic N) is 1. The molecule has 3 rings (SSSR count). The van der Waals surface area contributed by atoms with E-state index in [2.05, 4.69) is 10.5 Å². The third kappa shape index (κ3) is 2.52. The largest absolute Gasteiger partial charge is 0.393 e. The maximum Gasteiger partial charge on any atom is 0.154 e. The van der Waals surface area contributed by atoms with E-state index < -0.39 is 16.5 Å². The lowest BCUT2D eigenvalue weighted by atomic mass is 10.1. The number of aliphatic hydroxyl groups is 1. The highest BCUT2D eigenvalue weighted by molar-refractivity contribution is 8.15. The lowest BCUT2D eigenvalue weighted by Crippen LogP contribution is -2.36. The van der Waals surface area contributed by atoms with Crippen molar-refractivity contribution in [2.45, 2.75) is 4.87 Å². The number of hydrogen-bond acceptors (Lipinski definition) is 4. The summed E-state index contributed by atoms with van der Waals surface area (Å²) in [6.07, 6.45) is 0. The lowest BCUT2D eigenvalue weighted by Gasteiger charge is -2.25. The second-order valence-corrected chi connectivity index (χ2v) is 5.89. The van der Waals surface area contributed by atoms with Crippen molar-refractivity contribution >= 4 is 16.8 Å². The van der Waals surface area contributed by atoms with Crippen molar-refractivity contribution in [2.75, 3.05) is 6.61 Å². The maximum absolute atomic E-state index is 13.8. The number of benzene rings is 2. The van der Waals surface area contributed by atoms with E-state index in [0.29, 0.717) is 5.04 Å². The Morgan fingerprint density at radius 3 is 2.62 bits per heavy atom. The molecule has 2 aromatic carbocycles. The molecule has 1 aliphatic heterocycles. The average molecular weight is 306 g/mol. The van der Waals surface area contributed by atoms with Gasteiger partial charge in [0, 0.05) is 5.56 Å². The molecular formula is C15H12F2N2OS. The van der Waals surface area contributed by atoms with E-state index in [1.54, 1.807) is 0 Å². The second kappa shape index (κ2) is 5.46. The van der Waals surface area contributed by atoms with Crippen LogP contribution in [0.3, 0.4) is 0 Å². The van der Waals surface area contributed by atoms with Crippen LogP contribution in [-0.2, 0) is 4.87 Å². The third-order valence-electron chi connectivity index (χ3n) is 3.23. The van der Waals surface area contributed by atoms with E-state index >= 15 is 0 Å². The van der Waals surface area contributed by atoms with Gasteiger partial charge in [-0.05, 0) is 23.8 Å². The van der Waals surface area contributed by atoms with Gasteiger partial charge in [-0.1, -0.05) is 42.1 Å². The van der Waals surface area contributed by atoms with Gasteiger partial charge >= 0.3 is 0 Å². The minimum absolute atomic E-state index is 0.0822. The number of hydrogen-bond donors (Lipinski definition) is 2. The van der Waals surface area contributed by atoms with Crippen molar-refractivity contribution < 1.29 is 13.9 Å². The van der Waals surface area contributed by atoms with Gasteiger partial charge in [-0.2, -0.15) is 5.10 Å². The lowest BCUT2D eigenvalue weighted by molar-refractivity contribution is 0.229. The van der Waals surface area contributed by atoms with Gasteiger partial charge in [0.25, 0.3) is 0 Å². The summed E-state index contributed by atoms with van der Waals surface area (Å²) in [6, 6.07) is 12.5. The van der Waals surface area contributed by atoms with Gasteiger partial charge in [0.1, 0.15) is 16.7 Å². The van der Waals surface area contributed by atoms with Crippen LogP contribution in [0.2, 0.25) is 0 Å². The first kappa shape index (κ1) is 14.0.